The first-order chi connectivity index (χ1) is 10.7. The SMILES string of the molecule is C[C@H](NC(=O)OC(C)(C)C)C(=O)N[C@H](C=O)Cc1ccccc1. The van der Waals surface area contributed by atoms with Crippen molar-refractivity contribution in [1.82, 2.24) is 10.6 Å². The van der Waals surface area contributed by atoms with Crippen molar-refractivity contribution in [1.29, 1.82) is 0 Å². The van der Waals surface area contributed by atoms with Crippen LogP contribution in [0, 0.1) is 0 Å². The van der Waals surface area contributed by atoms with Crippen LogP contribution in [0.4, 0.5) is 4.79 Å². The Morgan fingerprint density at radius 3 is 2.30 bits per heavy atom. The standard InChI is InChI=1S/C17H24N2O4/c1-12(18-16(22)23-17(2,3)4)15(21)19-14(11-20)10-13-8-6-5-7-9-13/h5-9,11-12,14H,10H2,1-4H3,(H,18,22)(H,19,21)/t12-,14-/m0/s1. The van der Waals surface area contributed by atoms with E-state index in [0.29, 0.717) is 12.7 Å². The highest BCUT2D eigenvalue weighted by Gasteiger charge is 2.22. The highest BCUT2D eigenvalue weighted by atomic mass is 16.6. The lowest BCUT2D eigenvalue weighted by Gasteiger charge is -2.22. The summed E-state index contributed by atoms with van der Waals surface area (Å²) in [7, 11) is 0. The number of rotatable bonds is 6. The Kier molecular flexibility index (Phi) is 6.75. The topological polar surface area (TPSA) is 84.5 Å². The third kappa shape index (κ3) is 7.44. The van der Waals surface area contributed by atoms with Crippen molar-refractivity contribution in [2.75, 3.05) is 0 Å². The van der Waals surface area contributed by atoms with E-state index in [1.165, 1.54) is 6.92 Å². The highest BCUT2D eigenvalue weighted by Crippen LogP contribution is 2.07. The zero-order valence-electron chi connectivity index (χ0n) is 14.0. The minimum Gasteiger partial charge on any atom is -0.444 e. The number of nitrogens with one attached hydrogen (secondary N) is 2. The molecule has 0 aliphatic heterocycles. The van der Waals surface area contributed by atoms with Gasteiger partial charge in [-0.05, 0) is 39.7 Å². The van der Waals surface area contributed by atoms with Gasteiger partial charge in [-0.2, -0.15) is 0 Å². The molecule has 23 heavy (non-hydrogen) atoms. The number of ether oxygens (including phenoxy) is 1. The van der Waals surface area contributed by atoms with Crippen LogP contribution in [0.15, 0.2) is 30.3 Å². The maximum atomic E-state index is 12.1. The normalized spacial score (nSPS) is 13.6. The fourth-order valence-corrected chi connectivity index (χ4v) is 1.86. The van der Waals surface area contributed by atoms with Crippen molar-refractivity contribution >= 4 is 18.3 Å². The highest BCUT2D eigenvalue weighted by molar-refractivity contribution is 5.87. The molecule has 0 bridgehead atoms. The summed E-state index contributed by atoms with van der Waals surface area (Å²) in [4.78, 5) is 34.9. The van der Waals surface area contributed by atoms with Crippen LogP contribution in [0.5, 0.6) is 0 Å². The Morgan fingerprint density at radius 1 is 1.17 bits per heavy atom. The van der Waals surface area contributed by atoms with Crippen molar-refractivity contribution in [2.24, 2.45) is 0 Å². The summed E-state index contributed by atoms with van der Waals surface area (Å²) in [6, 6.07) is 7.93. The smallest absolute Gasteiger partial charge is 0.408 e. The van der Waals surface area contributed by atoms with Crippen molar-refractivity contribution in [3.05, 3.63) is 35.9 Å². The molecule has 2 N–H and O–H groups in total. The van der Waals surface area contributed by atoms with Crippen LogP contribution in [0.2, 0.25) is 0 Å². The predicted molar refractivity (Wildman–Crippen MR) is 87.0 cm³/mol. The molecule has 6 heteroatoms. The van der Waals surface area contributed by atoms with Gasteiger partial charge in [-0.3, -0.25) is 4.79 Å². The van der Waals surface area contributed by atoms with E-state index in [1.807, 2.05) is 30.3 Å². The zero-order chi connectivity index (χ0) is 17.5. The number of alkyl carbamates (subject to hydrolysis) is 1. The molecular formula is C17H24N2O4. The second-order valence-electron chi connectivity index (χ2n) is 6.31. The van der Waals surface area contributed by atoms with Gasteiger partial charge in [0.15, 0.2) is 0 Å². The Balaban J connectivity index is 2.52. The average Bonchev–Trinajstić information content (AvgIpc) is 2.45. The van der Waals surface area contributed by atoms with Crippen molar-refractivity contribution in [2.45, 2.75) is 51.8 Å². The number of hydrogen-bond donors (Lipinski definition) is 2. The summed E-state index contributed by atoms with van der Waals surface area (Å²) in [5.41, 5.74) is 0.302. The van der Waals surface area contributed by atoms with E-state index in [0.717, 1.165) is 5.56 Å². The molecule has 0 fully saturated rings. The largest absolute Gasteiger partial charge is 0.444 e. The lowest BCUT2D eigenvalue weighted by molar-refractivity contribution is -0.125. The van der Waals surface area contributed by atoms with E-state index in [4.69, 9.17) is 4.74 Å². The number of carbonyl (C=O) groups is 3. The molecule has 0 saturated carbocycles. The molecule has 0 radical (unpaired) electrons. The fraction of sp³-hybridized carbons (Fsp3) is 0.471. The van der Waals surface area contributed by atoms with Crippen LogP contribution >= 0.6 is 0 Å². The van der Waals surface area contributed by atoms with Crippen molar-refractivity contribution in [3.63, 3.8) is 0 Å². The van der Waals surface area contributed by atoms with Crippen LogP contribution in [-0.4, -0.2) is 36.0 Å². The van der Waals surface area contributed by atoms with Crippen LogP contribution in [0.25, 0.3) is 0 Å². The summed E-state index contributed by atoms with van der Waals surface area (Å²) in [5, 5.41) is 5.05. The Bertz CT molecular complexity index is 537. The van der Waals surface area contributed by atoms with E-state index in [1.54, 1.807) is 20.8 Å². The van der Waals surface area contributed by atoms with Crippen LogP contribution < -0.4 is 10.6 Å². The first-order valence-corrected chi connectivity index (χ1v) is 7.50. The van der Waals surface area contributed by atoms with Crippen molar-refractivity contribution in [3.8, 4) is 0 Å². The molecule has 0 spiro atoms. The second kappa shape index (κ2) is 8.31. The van der Waals surface area contributed by atoms with Gasteiger partial charge in [-0.25, -0.2) is 4.79 Å². The molecule has 1 rings (SSSR count). The minimum atomic E-state index is -0.803. The number of carbonyl (C=O) groups excluding carboxylic acids is 3. The molecular weight excluding hydrogens is 296 g/mol. The van der Waals surface area contributed by atoms with Gasteiger partial charge in [0.05, 0.1) is 6.04 Å². The summed E-state index contributed by atoms with van der Waals surface area (Å²) >= 11 is 0. The van der Waals surface area contributed by atoms with E-state index >= 15 is 0 Å². The third-order valence-corrected chi connectivity index (χ3v) is 2.92. The van der Waals surface area contributed by atoms with E-state index in [2.05, 4.69) is 10.6 Å². The molecule has 0 unspecified atom stereocenters. The van der Waals surface area contributed by atoms with Gasteiger partial charge in [-0.15, -0.1) is 0 Å². The molecule has 126 valence electrons. The number of aldehydes is 1. The molecule has 1 aromatic carbocycles. The molecule has 0 aliphatic carbocycles. The third-order valence-electron chi connectivity index (χ3n) is 2.92. The number of benzene rings is 1. The van der Waals surface area contributed by atoms with Crippen LogP contribution in [-0.2, 0) is 20.7 Å². The summed E-state index contributed by atoms with van der Waals surface area (Å²) in [6.07, 6.45) is 0.409. The molecule has 0 saturated heterocycles. The van der Waals surface area contributed by atoms with Crippen molar-refractivity contribution < 1.29 is 19.1 Å². The van der Waals surface area contributed by atoms with Gasteiger partial charge in [0.2, 0.25) is 5.91 Å². The zero-order valence-corrected chi connectivity index (χ0v) is 14.0. The first-order valence-electron chi connectivity index (χ1n) is 7.50. The monoisotopic (exact) mass is 320 g/mol. The van der Waals surface area contributed by atoms with E-state index in [9.17, 15) is 14.4 Å². The molecule has 0 aliphatic rings. The lowest BCUT2D eigenvalue weighted by atomic mass is 10.1. The molecule has 1 aromatic rings. The molecule has 0 aromatic heterocycles. The van der Waals surface area contributed by atoms with Gasteiger partial charge in [0, 0.05) is 0 Å². The summed E-state index contributed by atoms with van der Waals surface area (Å²) in [6.45, 7) is 6.74. The predicted octanol–water partition coefficient (Wildman–Crippen LogP) is 1.83. The lowest BCUT2D eigenvalue weighted by Crippen LogP contribution is -2.50. The molecule has 2 atom stereocenters. The number of amides is 2. The van der Waals surface area contributed by atoms with Gasteiger partial charge in [-0.1, -0.05) is 30.3 Å². The molecule has 2 amide bonds. The quantitative estimate of drug-likeness (QED) is 0.783. The fourth-order valence-electron chi connectivity index (χ4n) is 1.86. The Morgan fingerprint density at radius 2 is 1.78 bits per heavy atom. The van der Waals surface area contributed by atoms with Gasteiger partial charge in [0.1, 0.15) is 17.9 Å². The minimum absolute atomic E-state index is 0.398. The Hall–Kier alpha value is -2.37. The van der Waals surface area contributed by atoms with Gasteiger partial charge in [0.25, 0.3) is 0 Å². The van der Waals surface area contributed by atoms with Gasteiger partial charge < -0.3 is 20.2 Å². The molecule has 0 heterocycles. The maximum Gasteiger partial charge on any atom is 0.408 e. The summed E-state index contributed by atoms with van der Waals surface area (Å²) < 4.78 is 5.09. The van der Waals surface area contributed by atoms with E-state index in [-0.39, 0.29) is 0 Å². The van der Waals surface area contributed by atoms with Gasteiger partial charge >= 0.3 is 6.09 Å². The van der Waals surface area contributed by atoms with Crippen LogP contribution in [0.1, 0.15) is 33.3 Å². The Labute approximate surface area is 136 Å². The van der Waals surface area contributed by atoms with E-state index < -0.39 is 29.7 Å². The molecule has 6 nitrogen and oxygen atoms in total. The van der Waals surface area contributed by atoms with Crippen LogP contribution in [0.3, 0.4) is 0 Å². The number of hydrogen-bond acceptors (Lipinski definition) is 4. The second-order valence-corrected chi connectivity index (χ2v) is 6.31. The summed E-state index contributed by atoms with van der Waals surface area (Å²) in [5.74, 6) is -0.441. The first kappa shape index (κ1) is 18.7. The average molecular weight is 320 g/mol. The maximum absolute atomic E-state index is 12.1.